The Labute approximate surface area is 92.7 Å². The third kappa shape index (κ3) is 4.95. The summed E-state index contributed by atoms with van der Waals surface area (Å²) >= 11 is 0. The molecule has 0 aromatic heterocycles. The summed E-state index contributed by atoms with van der Waals surface area (Å²) in [7, 11) is -3.12. The van der Waals surface area contributed by atoms with Crippen LogP contribution in [0.3, 0.4) is 0 Å². The Bertz CT molecular complexity index is 271. The van der Waals surface area contributed by atoms with E-state index >= 15 is 0 Å². The molecule has 1 aliphatic rings. The molecule has 0 bridgehead atoms. The third-order valence-corrected chi connectivity index (χ3v) is 4.59. The molecular formula is C10H22N2O2S. The second kappa shape index (κ2) is 5.82. The molecule has 0 unspecified atom stereocenters. The minimum absolute atomic E-state index is 0.154. The Morgan fingerprint density at radius 3 is 2.47 bits per heavy atom. The molecular weight excluding hydrogens is 212 g/mol. The van der Waals surface area contributed by atoms with Crippen LogP contribution in [0.25, 0.3) is 0 Å². The molecule has 5 heteroatoms. The lowest BCUT2D eigenvalue weighted by Gasteiger charge is -2.22. The first-order valence-electron chi connectivity index (χ1n) is 5.73. The van der Waals surface area contributed by atoms with Crippen LogP contribution in [-0.4, -0.2) is 26.8 Å². The molecule has 15 heavy (non-hydrogen) atoms. The lowest BCUT2D eigenvalue weighted by Crippen LogP contribution is -2.40. The van der Waals surface area contributed by atoms with E-state index in [-0.39, 0.29) is 11.8 Å². The topological polar surface area (TPSA) is 72.2 Å². The molecule has 0 radical (unpaired) electrons. The van der Waals surface area contributed by atoms with Crippen molar-refractivity contribution in [3.05, 3.63) is 0 Å². The van der Waals surface area contributed by atoms with Crippen LogP contribution in [0, 0.1) is 5.92 Å². The van der Waals surface area contributed by atoms with Crippen LogP contribution in [0.1, 0.15) is 39.0 Å². The van der Waals surface area contributed by atoms with Gasteiger partial charge >= 0.3 is 0 Å². The van der Waals surface area contributed by atoms with Crippen LogP contribution in [0.2, 0.25) is 0 Å². The fourth-order valence-electron chi connectivity index (χ4n) is 2.07. The molecule has 0 aromatic carbocycles. The lowest BCUT2D eigenvalue weighted by atomic mass is 9.91. The number of rotatable bonds is 5. The van der Waals surface area contributed by atoms with Crippen molar-refractivity contribution in [2.45, 2.75) is 45.1 Å². The summed E-state index contributed by atoms with van der Waals surface area (Å²) in [5, 5.41) is 0. The van der Waals surface area contributed by atoms with Crippen LogP contribution >= 0.6 is 0 Å². The van der Waals surface area contributed by atoms with E-state index in [1.807, 2.05) is 0 Å². The van der Waals surface area contributed by atoms with Crippen molar-refractivity contribution in [3.8, 4) is 0 Å². The second-order valence-electron chi connectivity index (χ2n) is 4.54. The Balaban J connectivity index is 2.40. The predicted octanol–water partition coefficient (Wildman–Crippen LogP) is 0.833. The van der Waals surface area contributed by atoms with Crippen LogP contribution in [0.5, 0.6) is 0 Å². The molecule has 0 saturated heterocycles. The molecule has 4 nitrogen and oxygen atoms in total. The summed E-state index contributed by atoms with van der Waals surface area (Å²) in [5.41, 5.74) is 5.39. The van der Waals surface area contributed by atoms with Crippen molar-refractivity contribution in [1.82, 2.24) is 4.72 Å². The quantitative estimate of drug-likeness (QED) is 0.740. The summed E-state index contributed by atoms with van der Waals surface area (Å²) in [6.45, 7) is 2.14. The first kappa shape index (κ1) is 12.9. The zero-order valence-electron chi connectivity index (χ0n) is 9.41. The maximum atomic E-state index is 11.7. The lowest BCUT2D eigenvalue weighted by molar-refractivity contribution is 0.383. The highest BCUT2D eigenvalue weighted by Crippen LogP contribution is 2.24. The van der Waals surface area contributed by atoms with Gasteiger partial charge in [-0.25, -0.2) is 13.1 Å². The molecule has 1 rings (SSSR count). The maximum absolute atomic E-state index is 11.7. The maximum Gasteiger partial charge on any atom is 0.212 e. The molecule has 0 heterocycles. The van der Waals surface area contributed by atoms with Gasteiger partial charge in [-0.3, -0.25) is 0 Å². The van der Waals surface area contributed by atoms with Gasteiger partial charge in [0, 0.05) is 12.6 Å². The average Bonchev–Trinajstić information content (AvgIpc) is 2.17. The van der Waals surface area contributed by atoms with E-state index in [2.05, 4.69) is 4.72 Å². The van der Waals surface area contributed by atoms with Crippen molar-refractivity contribution in [2.24, 2.45) is 11.7 Å². The molecule has 1 aliphatic carbocycles. The Morgan fingerprint density at radius 2 is 1.93 bits per heavy atom. The van der Waals surface area contributed by atoms with Gasteiger partial charge in [-0.1, -0.05) is 19.3 Å². The number of hydrogen-bond acceptors (Lipinski definition) is 3. The van der Waals surface area contributed by atoms with Crippen molar-refractivity contribution in [2.75, 3.05) is 12.3 Å². The number of hydrogen-bond donors (Lipinski definition) is 2. The van der Waals surface area contributed by atoms with Crippen molar-refractivity contribution < 1.29 is 8.42 Å². The number of nitrogens with one attached hydrogen (secondary N) is 1. The summed E-state index contributed by atoms with van der Waals surface area (Å²) in [6.07, 6.45) is 5.71. The van der Waals surface area contributed by atoms with E-state index in [4.69, 9.17) is 5.73 Å². The third-order valence-electron chi connectivity index (χ3n) is 2.91. The van der Waals surface area contributed by atoms with Crippen molar-refractivity contribution in [1.29, 1.82) is 0 Å². The first-order valence-corrected chi connectivity index (χ1v) is 7.39. The van der Waals surface area contributed by atoms with E-state index in [0.717, 1.165) is 12.8 Å². The smallest absolute Gasteiger partial charge is 0.212 e. The average molecular weight is 234 g/mol. The molecule has 0 amide bonds. The Hall–Kier alpha value is -0.130. The normalized spacial score (nSPS) is 21.5. The zero-order chi connectivity index (χ0) is 11.3. The summed E-state index contributed by atoms with van der Waals surface area (Å²) in [5.74, 6) is 0.623. The van der Waals surface area contributed by atoms with E-state index in [0.29, 0.717) is 12.5 Å². The highest BCUT2D eigenvalue weighted by Gasteiger charge is 2.22. The van der Waals surface area contributed by atoms with E-state index < -0.39 is 10.0 Å². The summed E-state index contributed by atoms with van der Waals surface area (Å²) in [6, 6.07) is -0.154. The number of sulfonamides is 1. The van der Waals surface area contributed by atoms with Gasteiger partial charge in [0.1, 0.15) is 0 Å². The van der Waals surface area contributed by atoms with Crippen LogP contribution in [0.4, 0.5) is 0 Å². The molecule has 0 aromatic rings. The van der Waals surface area contributed by atoms with Gasteiger partial charge in [0.25, 0.3) is 0 Å². The fraction of sp³-hybridized carbons (Fsp3) is 1.00. The molecule has 90 valence electrons. The van der Waals surface area contributed by atoms with Crippen molar-refractivity contribution >= 4 is 10.0 Å². The van der Waals surface area contributed by atoms with Gasteiger partial charge in [0.05, 0.1) is 5.75 Å². The highest BCUT2D eigenvalue weighted by atomic mass is 32.2. The monoisotopic (exact) mass is 234 g/mol. The van der Waals surface area contributed by atoms with Gasteiger partial charge in [-0.2, -0.15) is 0 Å². The minimum Gasteiger partial charge on any atom is -0.329 e. The van der Waals surface area contributed by atoms with E-state index in [1.165, 1.54) is 19.3 Å². The van der Waals surface area contributed by atoms with Crippen LogP contribution in [0.15, 0.2) is 0 Å². The highest BCUT2D eigenvalue weighted by molar-refractivity contribution is 7.89. The van der Waals surface area contributed by atoms with E-state index in [9.17, 15) is 8.42 Å². The summed E-state index contributed by atoms with van der Waals surface area (Å²) < 4.78 is 26.0. The minimum atomic E-state index is -3.12. The second-order valence-corrected chi connectivity index (χ2v) is 6.34. The molecule has 3 N–H and O–H groups in total. The molecule has 0 aliphatic heterocycles. The van der Waals surface area contributed by atoms with Gasteiger partial charge < -0.3 is 5.73 Å². The molecule has 0 spiro atoms. The largest absolute Gasteiger partial charge is 0.329 e. The van der Waals surface area contributed by atoms with Crippen LogP contribution < -0.4 is 10.5 Å². The Morgan fingerprint density at radius 1 is 1.33 bits per heavy atom. The van der Waals surface area contributed by atoms with Crippen LogP contribution in [-0.2, 0) is 10.0 Å². The van der Waals surface area contributed by atoms with Crippen molar-refractivity contribution in [3.63, 3.8) is 0 Å². The van der Waals surface area contributed by atoms with Gasteiger partial charge in [0.2, 0.25) is 10.0 Å². The zero-order valence-corrected chi connectivity index (χ0v) is 10.2. The number of nitrogens with two attached hydrogens (primary N) is 1. The molecule has 1 saturated carbocycles. The standard InChI is InChI=1S/C10H22N2O2S/c1-9(7-11)12-15(13,14)8-10-5-3-2-4-6-10/h9-10,12H,2-8,11H2,1H3/t9-/m0/s1. The van der Waals surface area contributed by atoms with Gasteiger partial charge in [-0.15, -0.1) is 0 Å². The summed E-state index contributed by atoms with van der Waals surface area (Å²) in [4.78, 5) is 0. The van der Waals surface area contributed by atoms with E-state index in [1.54, 1.807) is 6.92 Å². The Kier molecular flexibility index (Phi) is 5.02. The molecule has 1 atom stereocenters. The first-order chi connectivity index (χ1) is 7.03. The molecule has 1 fully saturated rings. The van der Waals surface area contributed by atoms with Gasteiger partial charge in [0.15, 0.2) is 0 Å². The SMILES string of the molecule is C[C@@H](CN)NS(=O)(=O)CC1CCCCC1. The fourth-order valence-corrected chi connectivity index (χ4v) is 3.83. The predicted molar refractivity (Wildman–Crippen MR) is 62.0 cm³/mol. The van der Waals surface area contributed by atoms with Gasteiger partial charge in [-0.05, 0) is 25.7 Å².